The zero-order valence-corrected chi connectivity index (χ0v) is 83.4. The van der Waals surface area contributed by atoms with Gasteiger partial charge in [-0.1, -0.05) is 6.42 Å². The third-order valence-corrected chi connectivity index (χ3v) is 26.9. The molecule has 0 spiro atoms. The van der Waals surface area contributed by atoms with Crippen molar-refractivity contribution in [1.82, 2.24) is 98.8 Å². The lowest BCUT2D eigenvalue weighted by molar-refractivity contribution is 0.0281. The van der Waals surface area contributed by atoms with Crippen LogP contribution in [0.3, 0.4) is 0 Å². The van der Waals surface area contributed by atoms with Gasteiger partial charge in [-0.3, -0.25) is 19.9 Å². The first-order chi connectivity index (χ1) is 64.6. The molecule has 1 aliphatic carbocycles. The molecule has 8 atom stereocenters. The molecule has 30 nitrogen and oxygen atoms in total. The second-order valence-corrected chi connectivity index (χ2v) is 36.5. The molecule has 0 unspecified atom stereocenters. The molecule has 8 fully saturated rings. The average molecular weight is 2230 g/mol. The maximum atomic E-state index is 14.1. The number of amides is 1. The van der Waals surface area contributed by atoms with E-state index in [2.05, 4.69) is 148 Å². The van der Waals surface area contributed by atoms with Gasteiger partial charge in [-0.05, 0) is 175 Å². The Kier molecular flexibility index (Phi) is 29.0. The van der Waals surface area contributed by atoms with Gasteiger partial charge in [0.1, 0.15) is 5.60 Å². The van der Waals surface area contributed by atoms with Gasteiger partial charge in [0.05, 0.1) is 134 Å². The minimum atomic E-state index is -0.438. The third kappa shape index (κ3) is 19.4. The smallest absolute Gasteiger partial charge is 0.410 e. The van der Waals surface area contributed by atoms with E-state index in [0.717, 1.165) is 214 Å². The summed E-state index contributed by atoms with van der Waals surface area (Å²) in [7, 11) is 9.03. The first kappa shape index (κ1) is 94.8. The molecule has 1 saturated carbocycles. The van der Waals surface area contributed by atoms with Crippen LogP contribution < -0.4 is 44.3 Å². The molecular weight excluding hydrogens is 2120 g/mol. The largest absolute Gasteiger partial charge is 0.494 e. The fraction of sp³-hybridized carbons (Fsp3) is 0.365. The molecule has 0 radical (unpaired) electrons. The first-order valence-electron chi connectivity index (χ1n) is 44.1. The maximum absolute atomic E-state index is 14.1. The van der Waals surface area contributed by atoms with Crippen molar-refractivity contribution >= 4 is 166 Å². The summed E-state index contributed by atoms with van der Waals surface area (Å²) in [5, 5.41) is 35.0. The second-order valence-electron chi connectivity index (χ2n) is 35.6. The number of hydrogen-bond acceptors (Lipinski definition) is 25. The molecule has 4 aromatic carbocycles. The molecule has 134 heavy (non-hydrogen) atoms. The number of nitrogens with one attached hydrogen (secondary N) is 2. The maximum Gasteiger partial charge on any atom is 0.410 e. The zero-order valence-electron chi connectivity index (χ0n) is 75.1. The van der Waals surface area contributed by atoms with Crippen LogP contribution in [0.5, 0.6) is 23.0 Å². The number of nitrogens with zero attached hydrogens (tertiary/aromatic N) is 21. The first-order valence-corrected chi connectivity index (χ1v) is 51.1. The highest BCUT2D eigenvalue weighted by Crippen LogP contribution is 2.44. The molecule has 698 valence electrons. The Balaban J connectivity index is 0.000000117. The van der Waals surface area contributed by atoms with Gasteiger partial charge < -0.3 is 63.9 Å². The number of halogens is 8. The van der Waals surface area contributed by atoms with E-state index in [1.807, 2.05) is 107 Å². The molecule has 8 aliphatic rings. The standard InChI is InChI=1S/C23H23FN6O.C23H22FN5O.C22H21FN6O.C16H10BrFN4O.C11H20N2O2.CH4O.I2.HI/c1-28-9-14-11-29(12-15(14)10-28)16-7-26-23-19(8-27-30(23)13-16)17-3-4-25-21-6-20(24)22(31-2)5-18(17)21;1-30-22-7-18-17(5-6-25-21(18)8-20(22)24)19-10-27-29-13-16(9-26-23(19)29)28-11-14-3-2-4-15(14)12-28;1-30-21-4-17-16(2-3-25-20(17)5-19(21)23)18-9-27-29-12-15(8-26-22(18)29)28-10-13-6-24-7-14(13)11-28;1-23-15-4-11-10(2-3-19-14(11)5-13(15)18)12-7-21-22-8-9(17)6-20-16(12)22;1-11(2,3)15-10(14)13-6-8-4-12-5-9(8)7-13;2*1-2;/h3-8,13-15H,9-12H2,1-2H3;5-10,13-15H,2-4,11-12H2,1H3;2-5,8-9,12-14,24H,6-7,10-11H2,1H3;2-8H,1H3;8-9,12H,4-7H2,1-3H3;2H,1H3;;1H/t2*14-,15+;13-,14+;;8-,9+;;;. The van der Waals surface area contributed by atoms with E-state index >= 15 is 0 Å². The number of aromatic nitrogens is 16. The lowest BCUT2D eigenvalue weighted by Gasteiger charge is -2.24. The van der Waals surface area contributed by atoms with Gasteiger partial charge in [0.15, 0.2) is 68.9 Å². The Morgan fingerprint density at radius 2 is 0.694 bits per heavy atom. The van der Waals surface area contributed by atoms with Crippen molar-refractivity contribution < 1.29 is 51.1 Å². The summed E-state index contributed by atoms with van der Waals surface area (Å²) in [6.45, 7) is 20.5. The van der Waals surface area contributed by atoms with Gasteiger partial charge in [-0.25, -0.2) is 60.4 Å². The molecular formula is C96H101BrF4I3N23O7. The molecule has 1 amide bonds. The molecule has 7 saturated heterocycles. The van der Waals surface area contributed by atoms with Crippen LogP contribution in [0.2, 0.25) is 0 Å². The molecule has 19 heterocycles. The van der Waals surface area contributed by atoms with Crippen molar-refractivity contribution in [1.29, 1.82) is 0 Å². The lowest BCUT2D eigenvalue weighted by Crippen LogP contribution is -2.36. The van der Waals surface area contributed by atoms with Gasteiger partial charge in [0.25, 0.3) is 0 Å². The summed E-state index contributed by atoms with van der Waals surface area (Å²) in [5.74, 6) is 4.86. The fourth-order valence-electron chi connectivity index (χ4n) is 20.1. The number of aliphatic hydroxyl groups is 1. The van der Waals surface area contributed by atoms with Crippen molar-refractivity contribution in [2.45, 2.75) is 45.6 Å². The number of rotatable bonds is 11. The van der Waals surface area contributed by atoms with Crippen LogP contribution in [-0.4, -0.2) is 239 Å². The van der Waals surface area contributed by atoms with E-state index < -0.39 is 23.3 Å². The van der Waals surface area contributed by atoms with Crippen molar-refractivity contribution in [3.05, 3.63) is 200 Å². The normalized spacial score (nSPS) is 19.7. The van der Waals surface area contributed by atoms with E-state index in [4.69, 9.17) is 43.7 Å². The monoisotopic (exact) mass is 2220 g/mol. The molecule has 24 rings (SSSR count). The molecule has 3 N–H and O–H groups in total. The number of likely N-dealkylation sites (tertiary alicyclic amines) is 2. The SMILES string of the molecule is CC(C)(C)OC(=O)N1C[C@H]2CNC[C@H]2C1.CO.COc1cc2c(-c3cnn4cc(Br)cnc34)ccnc2cc1F.COc1cc2c(-c3cnn4cc(N5C[C@H]6CCC[C@H]6C5)cnc34)ccnc2cc1F.COc1cc2c(-c3cnn4cc(N5C[C@H]6CN(C)C[C@H]6C5)cnc34)ccnc2cc1F.COc1cc2c(-c3cnn4cc(N5C[C@H]6CNC[C@H]6C5)cnc34)ccnc2cc1F.I.II. The quantitative estimate of drug-likeness (QED) is 0.0800. The van der Waals surface area contributed by atoms with Crippen molar-refractivity contribution in [3.8, 4) is 67.5 Å². The second kappa shape index (κ2) is 41.0. The number of fused-ring (bicyclic) bond motifs is 12. The van der Waals surface area contributed by atoms with Crippen LogP contribution in [0.25, 0.3) is 111 Å². The minimum absolute atomic E-state index is 0. The predicted octanol–water partition coefficient (Wildman–Crippen LogP) is 17.1. The highest BCUT2D eigenvalue weighted by Gasteiger charge is 2.42. The van der Waals surface area contributed by atoms with Crippen LogP contribution >= 0.6 is 77.1 Å². The molecule has 7 aliphatic heterocycles. The van der Waals surface area contributed by atoms with Crippen LogP contribution in [0, 0.1) is 70.6 Å². The van der Waals surface area contributed by atoms with E-state index in [1.54, 1.807) is 72.2 Å². The third-order valence-electron chi connectivity index (χ3n) is 26.5. The van der Waals surface area contributed by atoms with Crippen LogP contribution in [0.1, 0.15) is 40.0 Å². The topological polar surface area (TPSA) is 296 Å². The van der Waals surface area contributed by atoms with Crippen molar-refractivity contribution in [2.24, 2.45) is 47.3 Å². The zero-order chi connectivity index (χ0) is 92.6. The van der Waals surface area contributed by atoms with E-state index in [1.165, 1.54) is 85.1 Å². The molecule has 38 heteroatoms. The van der Waals surface area contributed by atoms with Crippen molar-refractivity contribution in [2.75, 3.05) is 149 Å². The summed E-state index contributed by atoms with van der Waals surface area (Å²) in [4.78, 5) is 59.1. The van der Waals surface area contributed by atoms with Gasteiger partial charge in [0.2, 0.25) is 0 Å². The molecule has 12 aromatic heterocycles. The highest BCUT2D eigenvalue weighted by molar-refractivity contribution is 15.0. The summed E-state index contributed by atoms with van der Waals surface area (Å²) in [6.07, 6.45) is 33.3. The Morgan fingerprint density at radius 1 is 0.403 bits per heavy atom. The number of ether oxygens (including phenoxy) is 5. The van der Waals surface area contributed by atoms with Crippen LogP contribution in [-0.2, 0) is 4.74 Å². The minimum Gasteiger partial charge on any atom is -0.494 e. The van der Waals surface area contributed by atoms with E-state index in [9.17, 15) is 22.4 Å². The summed E-state index contributed by atoms with van der Waals surface area (Å²) in [5.41, 5.74) is 15.3. The van der Waals surface area contributed by atoms with Gasteiger partial charge in [-0.2, -0.15) is 20.4 Å². The van der Waals surface area contributed by atoms with Gasteiger partial charge in [0, 0.05) is 241 Å². The fourth-order valence-corrected chi connectivity index (χ4v) is 20.4. The van der Waals surface area contributed by atoms with Crippen LogP contribution in [0.15, 0.2) is 176 Å². The number of hydrogen-bond donors (Lipinski definition) is 3. The van der Waals surface area contributed by atoms with Crippen LogP contribution in [0.4, 0.5) is 39.4 Å². The number of carbonyl (C=O) groups excluding carboxylic acids is 1. The summed E-state index contributed by atoms with van der Waals surface area (Å²) >= 11 is 7.61. The average Bonchev–Trinajstić information content (AvgIpc) is 1.64. The van der Waals surface area contributed by atoms with E-state index in [0.29, 0.717) is 51.4 Å². The van der Waals surface area contributed by atoms with Gasteiger partial charge >= 0.3 is 6.09 Å². The Labute approximate surface area is 818 Å². The summed E-state index contributed by atoms with van der Waals surface area (Å²) in [6, 6.07) is 19.9. The Bertz CT molecular complexity index is 6750. The number of carbonyl (C=O) groups is 1. The molecule has 16 aromatic rings. The number of aliphatic hydroxyl groups excluding tert-OH is 1. The van der Waals surface area contributed by atoms with Gasteiger partial charge in [-0.15, -0.1) is 24.0 Å². The highest BCUT2D eigenvalue weighted by atomic mass is 128. The Hall–Kier alpha value is -10.9. The number of pyridine rings is 4. The Morgan fingerprint density at radius 3 is 1.01 bits per heavy atom. The lowest BCUT2D eigenvalue weighted by atomic mass is 10.0. The van der Waals surface area contributed by atoms with Crippen molar-refractivity contribution in [3.63, 3.8) is 0 Å². The number of benzene rings is 4. The number of anilines is 3. The molecule has 0 bridgehead atoms. The predicted molar refractivity (Wildman–Crippen MR) is 540 cm³/mol. The van der Waals surface area contributed by atoms with E-state index in [-0.39, 0.29) is 58.7 Å². The number of methoxy groups -OCH3 is 4. The summed E-state index contributed by atoms with van der Waals surface area (Å²) < 4.78 is 90.3.